The topological polar surface area (TPSA) is 249 Å². The minimum atomic E-state index is -0.833. The Morgan fingerprint density at radius 2 is 1.43 bits per heavy atom. The van der Waals surface area contributed by atoms with Gasteiger partial charge in [0.1, 0.15) is 17.4 Å². The van der Waals surface area contributed by atoms with E-state index in [4.69, 9.17) is 9.90 Å². The number of aromatic nitrogens is 2. The Hall–Kier alpha value is -6.91. The van der Waals surface area contributed by atoms with Crippen LogP contribution in [0.1, 0.15) is 120 Å². The van der Waals surface area contributed by atoms with Crippen molar-refractivity contribution in [3.8, 4) is 0 Å². The van der Waals surface area contributed by atoms with Crippen molar-refractivity contribution in [2.45, 2.75) is 112 Å². The first kappa shape index (κ1) is 54.2. The van der Waals surface area contributed by atoms with E-state index in [9.17, 15) is 33.6 Å². The lowest BCUT2D eigenvalue weighted by Crippen LogP contribution is -2.27. The third-order valence-corrected chi connectivity index (χ3v) is 9.40. The SMILES string of the molecule is CC.CC(=O)O.CCNC(=O)CCCCCNC(=O)CCCC(=O)Nc1ccc(CCC(=O)CC(C)=O)cc1.CN(Cc1nc2ccccc2[nH]1)C(=O)c1ccc2c(c1)CNC(=O)CN2. The zero-order valence-electron chi connectivity index (χ0n) is 38.6. The summed E-state index contributed by atoms with van der Waals surface area (Å²) in [6.45, 7) is 10.6. The van der Waals surface area contributed by atoms with Gasteiger partial charge < -0.3 is 41.6 Å². The quantitative estimate of drug-likeness (QED) is 0.0395. The first-order chi connectivity index (χ1) is 31.1. The number of amides is 5. The third kappa shape index (κ3) is 22.3. The Kier molecular flexibility index (Phi) is 25.2. The van der Waals surface area contributed by atoms with E-state index in [0.29, 0.717) is 69.5 Å². The van der Waals surface area contributed by atoms with E-state index in [1.54, 1.807) is 30.1 Å². The fourth-order valence-electron chi connectivity index (χ4n) is 6.30. The summed E-state index contributed by atoms with van der Waals surface area (Å²) in [4.78, 5) is 100. The summed E-state index contributed by atoms with van der Waals surface area (Å²) in [5, 5.41) is 21.7. The Labute approximate surface area is 381 Å². The molecule has 0 atom stereocenters. The number of ketones is 2. The Balaban J connectivity index is 0.000000405. The molecule has 0 radical (unpaired) electrons. The molecule has 1 aliphatic heterocycles. The Bertz CT molecular complexity index is 2150. The maximum atomic E-state index is 12.8. The van der Waals surface area contributed by atoms with E-state index >= 15 is 0 Å². The van der Waals surface area contributed by atoms with Crippen LogP contribution in [0, 0.1) is 0 Å². The molecule has 0 saturated carbocycles. The van der Waals surface area contributed by atoms with Gasteiger partial charge in [-0.1, -0.05) is 44.5 Å². The standard InChI is InChI=1S/C25H37N3O5.C19H19N5O2.C2H4O2.C2H6/c1-3-26-23(31)8-5-4-6-17-27-24(32)9-7-10-25(33)28-21-14-11-20(12-15-21)13-16-22(30)18-19(2)29;1-24(11-17-22-15-4-2-3-5-16(15)23-17)19(26)12-6-7-14-13(8-12)9-21-18(25)10-20-14;1-2(3)4;1-2/h11-12,14-15H,3-10,13,16-18H2,1-2H3,(H,26,31)(H,27,32)(H,28,33);2-8,20H,9-11H2,1H3,(H,21,25)(H,22,23);1H3,(H,3,4);1-2H3. The lowest BCUT2D eigenvalue weighted by atomic mass is 10.0. The van der Waals surface area contributed by atoms with Gasteiger partial charge in [0.05, 0.1) is 30.5 Å². The van der Waals surface area contributed by atoms with Crippen LogP contribution >= 0.6 is 0 Å². The normalized spacial score (nSPS) is 11.1. The smallest absolute Gasteiger partial charge is 0.300 e. The van der Waals surface area contributed by atoms with E-state index in [1.807, 2.05) is 69.3 Å². The molecule has 0 unspecified atom stereocenters. The molecule has 7 N–H and O–H groups in total. The summed E-state index contributed by atoms with van der Waals surface area (Å²) in [5.74, 6) is -0.604. The van der Waals surface area contributed by atoms with Crippen LogP contribution in [0.25, 0.3) is 11.0 Å². The molecular weight excluding hydrogens is 833 g/mol. The van der Waals surface area contributed by atoms with Crippen LogP contribution in [0.2, 0.25) is 0 Å². The first-order valence-electron chi connectivity index (χ1n) is 22.1. The number of aliphatic carboxylic acids is 1. The highest BCUT2D eigenvalue weighted by atomic mass is 16.4. The van der Waals surface area contributed by atoms with Gasteiger partial charge in [0.15, 0.2) is 0 Å². The van der Waals surface area contributed by atoms with E-state index in [-0.39, 0.29) is 60.5 Å². The van der Waals surface area contributed by atoms with Gasteiger partial charge in [-0.3, -0.25) is 38.4 Å². The number of aryl methyl sites for hydroxylation is 1. The van der Waals surface area contributed by atoms with Crippen molar-refractivity contribution in [1.82, 2.24) is 30.8 Å². The van der Waals surface area contributed by atoms with Crippen molar-refractivity contribution in [3.63, 3.8) is 0 Å². The minimum absolute atomic E-state index is 0.0224. The summed E-state index contributed by atoms with van der Waals surface area (Å²) in [7, 11) is 1.75. The number of anilines is 2. The number of unbranched alkanes of at least 4 members (excludes halogenated alkanes) is 2. The molecule has 5 amide bonds. The molecule has 0 aliphatic carbocycles. The van der Waals surface area contributed by atoms with Crippen molar-refractivity contribution in [2.24, 2.45) is 0 Å². The average Bonchev–Trinajstić information content (AvgIpc) is 3.59. The fourth-order valence-corrected chi connectivity index (χ4v) is 6.30. The van der Waals surface area contributed by atoms with E-state index in [2.05, 4.69) is 36.6 Å². The van der Waals surface area contributed by atoms with Gasteiger partial charge in [0.25, 0.3) is 11.9 Å². The van der Waals surface area contributed by atoms with Crippen LogP contribution < -0.4 is 26.6 Å². The minimum Gasteiger partial charge on any atom is -0.481 e. The summed E-state index contributed by atoms with van der Waals surface area (Å²) in [6.07, 6.45) is 4.89. The van der Waals surface area contributed by atoms with Crippen LogP contribution in [0.4, 0.5) is 11.4 Å². The van der Waals surface area contributed by atoms with Crippen molar-refractivity contribution in [2.75, 3.05) is 37.3 Å². The predicted molar refractivity (Wildman–Crippen MR) is 251 cm³/mol. The van der Waals surface area contributed by atoms with Gasteiger partial charge in [-0.05, 0) is 93.1 Å². The fraction of sp³-hybridized carbons (Fsp3) is 0.438. The number of carbonyl (C=O) groups excluding carboxylic acids is 7. The van der Waals surface area contributed by atoms with Crippen LogP contribution in [0.15, 0.2) is 66.7 Å². The van der Waals surface area contributed by atoms with Gasteiger partial charge in [-0.15, -0.1) is 0 Å². The van der Waals surface area contributed by atoms with Gasteiger partial charge in [-0.2, -0.15) is 0 Å². The number of H-pyrrole nitrogens is 1. The lowest BCUT2D eigenvalue weighted by Gasteiger charge is -2.17. The highest BCUT2D eigenvalue weighted by molar-refractivity contribution is 5.98. The number of aromatic amines is 1. The summed E-state index contributed by atoms with van der Waals surface area (Å²) in [5.41, 5.74) is 5.83. The number of carboxylic acid groups (broad SMARTS) is 1. The number of carboxylic acids is 1. The summed E-state index contributed by atoms with van der Waals surface area (Å²) >= 11 is 0. The van der Waals surface area contributed by atoms with Crippen molar-refractivity contribution in [1.29, 1.82) is 0 Å². The molecule has 65 heavy (non-hydrogen) atoms. The maximum absolute atomic E-state index is 12.8. The molecular formula is C48H66N8O9. The number of hydrogen-bond donors (Lipinski definition) is 7. The van der Waals surface area contributed by atoms with Crippen molar-refractivity contribution >= 4 is 69.5 Å². The number of nitrogens with one attached hydrogen (secondary N) is 6. The third-order valence-electron chi connectivity index (χ3n) is 9.40. The molecule has 1 aliphatic rings. The number of nitrogens with zero attached hydrogens (tertiary/aromatic N) is 2. The number of benzene rings is 3. The summed E-state index contributed by atoms with van der Waals surface area (Å²) < 4.78 is 0. The lowest BCUT2D eigenvalue weighted by molar-refractivity contribution is -0.134. The number of imidazole rings is 1. The zero-order valence-corrected chi connectivity index (χ0v) is 38.6. The molecule has 4 aromatic rings. The largest absolute Gasteiger partial charge is 0.481 e. The van der Waals surface area contributed by atoms with Crippen molar-refractivity contribution < 1.29 is 43.5 Å². The van der Waals surface area contributed by atoms with Gasteiger partial charge in [0.2, 0.25) is 23.6 Å². The second-order valence-corrected chi connectivity index (χ2v) is 15.0. The van der Waals surface area contributed by atoms with E-state index < -0.39 is 5.97 Å². The molecule has 3 aromatic carbocycles. The summed E-state index contributed by atoms with van der Waals surface area (Å²) in [6, 6.07) is 20.5. The second kappa shape index (κ2) is 30.2. The van der Waals surface area contributed by atoms with Crippen LogP contribution in [0.5, 0.6) is 0 Å². The average molecular weight is 899 g/mol. The monoisotopic (exact) mass is 898 g/mol. The molecule has 0 spiro atoms. The molecule has 17 nitrogen and oxygen atoms in total. The Morgan fingerprint density at radius 1 is 0.769 bits per heavy atom. The number of hydrogen-bond acceptors (Lipinski definition) is 10. The highest BCUT2D eigenvalue weighted by Gasteiger charge is 2.18. The van der Waals surface area contributed by atoms with Gasteiger partial charge >= 0.3 is 0 Å². The van der Waals surface area contributed by atoms with Gasteiger partial charge in [-0.25, -0.2) is 4.98 Å². The number of carbonyl (C=O) groups is 8. The van der Waals surface area contributed by atoms with E-state index in [0.717, 1.165) is 59.9 Å². The second-order valence-electron chi connectivity index (χ2n) is 15.0. The highest BCUT2D eigenvalue weighted by Crippen LogP contribution is 2.21. The number of Topliss-reactive ketones (excluding diaryl/α,β-unsaturated/α-hetero) is 2. The maximum Gasteiger partial charge on any atom is 0.300 e. The van der Waals surface area contributed by atoms with Crippen molar-refractivity contribution in [3.05, 3.63) is 89.2 Å². The van der Waals surface area contributed by atoms with E-state index in [1.165, 1.54) is 6.92 Å². The molecule has 0 saturated heterocycles. The molecule has 1 aromatic heterocycles. The number of rotatable bonds is 20. The zero-order chi connectivity index (χ0) is 48.1. The van der Waals surface area contributed by atoms with Crippen LogP contribution in [0.3, 0.4) is 0 Å². The Morgan fingerprint density at radius 3 is 2.11 bits per heavy atom. The first-order valence-corrected chi connectivity index (χ1v) is 22.1. The molecule has 352 valence electrons. The molecule has 17 heteroatoms. The predicted octanol–water partition coefficient (Wildman–Crippen LogP) is 6.08. The molecule has 0 fully saturated rings. The molecule has 2 heterocycles. The number of fused-ring (bicyclic) bond motifs is 2. The molecule has 0 bridgehead atoms. The van der Waals surface area contributed by atoms with Crippen LogP contribution in [-0.4, -0.2) is 93.7 Å². The van der Waals surface area contributed by atoms with Crippen LogP contribution in [-0.2, 0) is 53.1 Å². The molecule has 5 rings (SSSR count). The van der Waals surface area contributed by atoms with Gasteiger partial charge in [0, 0.05) is 76.2 Å². The number of para-hydroxylation sites is 2.